The van der Waals surface area contributed by atoms with Crippen LogP contribution in [0.1, 0.15) is 87.5 Å². The topological polar surface area (TPSA) is 133 Å². The maximum atomic E-state index is 13.0. The third-order valence-corrected chi connectivity index (χ3v) is 11.1. The summed E-state index contributed by atoms with van der Waals surface area (Å²) in [6.45, 7) is 16.3. The van der Waals surface area contributed by atoms with Crippen LogP contribution in [0.25, 0.3) is 0 Å². The zero-order valence-electron chi connectivity index (χ0n) is 31.7. The third kappa shape index (κ3) is 11.1. The molecule has 3 unspecified atom stereocenters. The lowest BCUT2D eigenvalue weighted by Crippen LogP contribution is -2.65. The maximum absolute atomic E-state index is 13.0. The van der Waals surface area contributed by atoms with E-state index in [1.165, 1.54) is 0 Å². The van der Waals surface area contributed by atoms with E-state index in [4.69, 9.17) is 28.4 Å². The average Bonchev–Trinajstić information content (AvgIpc) is 3.00. The highest BCUT2D eigenvalue weighted by Gasteiger charge is 2.50. The number of hydrogen-bond acceptors (Lipinski definition) is 11. The number of aliphatic hydroxyl groups excluding tert-OH is 2. The number of carbonyl (C=O) groups excluding carboxylic acids is 2. The molecule has 0 radical (unpaired) electrons. The fourth-order valence-electron chi connectivity index (χ4n) is 7.64. The Balaban J connectivity index is 1.94. The lowest BCUT2D eigenvalue weighted by molar-refractivity contribution is -0.337. The largest absolute Gasteiger partial charge is 0.462 e. The van der Waals surface area contributed by atoms with Gasteiger partial charge in [0, 0.05) is 26.4 Å². The summed E-state index contributed by atoms with van der Waals surface area (Å²) in [5, 5.41) is 22.9. The van der Waals surface area contributed by atoms with Crippen LogP contribution in [0, 0.1) is 29.1 Å². The Morgan fingerprint density at radius 1 is 0.959 bits per heavy atom. The maximum Gasteiger partial charge on any atom is 0.306 e. The number of hydrogen-bond donors (Lipinski definition) is 2. The molecule has 3 heterocycles. The van der Waals surface area contributed by atoms with E-state index in [9.17, 15) is 19.8 Å². The standard InChI is InChI=1S/C38H65NO10/c1-22-19-28(17-18-40)36(34(44-11)23(2)20-30(42)45-24(3)15-13-12-14-16-29(22)41)49-37-33(43)32(39(9)10)35(27(6)47-37)48-31-21-38(7,8)25(4)26(5)46-31/h12-14,16,18,22-29,31-37,41,43H,15,17,19-21H2,1-11H3/b13-12+,16-14+/t22-,23-,24-,25+,26?,27-,28+,29+,31+,32?,33?,34+,35-,36+,37+/m1/s1. The van der Waals surface area contributed by atoms with E-state index >= 15 is 0 Å². The van der Waals surface area contributed by atoms with Crippen LogP contribution in [-0.2, 0) is 38.0 Å². The highest BCUT2D eigenvalue weighted by atomic mass is 16.7. The second-order valence-electron chi connectivity index (χ2n) is 15.7. The van der Waals surface area contributed by atoms with E-state index in [1.807, 2.05) is 58.8 Å². The number of esters is 1. The molecular weight excluding hydrogens is 630 g/mol. The van der Waals surface area contributed by atoms with Crippen molar-refractivity contribution >= 4 is 12.3 Å². The van der Waals surface area contributed by atoms with Gasteiger partial charge in [0.05, 0.1) is 43.0 Å². The van der Waals surface area contributed by atoms with Gasteiger partial charge in [-0.15, -0.1) is 0 Å². The van der Waals surface area contributed by atoms with Gasteiger partial charge in [0.25, 0.3) is 0 Å². The summed E-state index contributed by atoms with van der Waals surface area (Å²) in [4.78, 5) is 27.1. The van der Waals surface area contributed by atoms with Gasteiger partial charge >= 0.3 is 5.97 Å². The van der Waals surface area contributed by atoms with Gasteiger partial charge in [-0.3, -0.25) is 4.79 Å². The number of nitrogens with zero attached hydrogens (tertiary/aromatic N) is 1. The molecule has 15 atom stereocenters. The second kappa shape index (κ2) is 18.7. The molecule has 3 aliphatic rings. The molecule has 2 saturated heterocycles. The van der Waals surface area contributed by atoms with Crippen LogP contribution in [0.4, 0.5) is 0 Å². The van der Waals surface area contributed by atoms with Gasteiger partial charge in [-0.05, 0) is 70.4 Å². The van der Waals surface area contributed by atoms with Crippen LogP contribution >= 0.6 is 0 Å². The highest BCUT2D eigenvalue weighted by Crippen LogP contribution is 2.42. The monoisotopic (exact) mass is 695 g/mol. The Morgan fingerprint density at radius 2 is 1.65 bits per heavy atom. The first-order valence-electron chi connectivity index (χ1n) is 18.1. The van der Waals surface area contributed by atoms with E-state index in [0.717, 1.165) is 6.29 Å². The molecule has 11 heteroatoms. The first-order valence-corrected chi connectivity index (χ1v) is 18.1. The molecule has 0 aromatic carbocycles. The number of aliphatic hydroxyl groups is 2. The van der Waals surface area contributed by atoms with E-state index in [-0.39, 0.29) is 48.3 Å². The van der Waals surface area contributed by atoms with Crippen LogP contribution in [0.2, 0.25) is 0 Å². The van der Waals surface area contributed by atoms with E-state index in [2.05, 4.69) is 27.7 Å². The zero-order valence-corrected chi connectivity index (χ0v) is 31.7. The van der Waals surface area contributed by atoms with Gasteiger partial charge in [-0.1, -0.05) is 58.9 Å². The minimum atomic E-state index is -1.14. The van der Waals surface area contributed by atoms with Crippen LogP contribution in [-0.4, -0.2) is 116 Å². The summed E-state index contributed by atoms with van der Waals surface area (Å²) in [7, 11) is 5.32. The fraction of sp³-hybridized carbons (Fsp3) is 0.842. The van der Waals surface area contributed by atoms with Crippen molar-refractivity contribution in [2.75, 3.05) is 21.2 Å². The van der Waals surface area contributed by atoms with E-state index in [1.54, 1.807) is 19.3 Å². The summed E-state index contributed by atoms with van der Waals surface area (Å²) >= 11 is 0. The first-order chi connectivity index (χ1) is 23.0. The number of ether oxygens (including phenoxy) is 6. The molecule has 0 spiro atoms. The lowest BCUT2D eigenvalue weighted by Gasteiger charge is -2.50. The molecule has 0 amide bonds. The van der Waals surface area contributed by atoms with Gasteiger partial charge in [0.1, 0.15) is 24.6 Å². The molecule has 2 fully saturated rings. The summed E-state index contributed by atoms with van der Waals surface area (Å²) < 4.78 is 37.8. The average molecular weight is 696 g/mol. The van der Waals surface area contributed by atoms with Crippen molar-refractivity contribution in [2.45, 2.75) is 155 Å². The van der Waals surface area contributed by atoms with Gasteiger partial charge in [-0.25, -0.2) is 0 Å². The Bertz CT molecular complexity index is 1100. The Labute approximate surface area is 294 Å². The van der Waals surface area contributed by atoms with Crippen LogP contribution in [0.15, 0.2) is 24.3 Å². The molecule has 3 aliphatic heterocycles. The Hall–Kier alpha value is -1.70. The third-order valence-electron chi connectivity index (χ3n) is 11.1. The highest BCUT2D eigenvalue weighted by molar-refractivity contribution is 5.70. The molecule has 0 bridgehead atoms. The number of carbonyl (C=O) groups is 2. The van der Waals surface area contributed by atoms with Gasteiger partial charge in [-0.2, -0.15) is 0 Å². The number of rotatable bonds is 8. The van der Waals surface area contributed by atoms with Gasteiger partial charge in [0.15, 0.2) is 12.6 Å². The van der Waals surface area contributed by atoms with Crippen molar-refractivity contribution in [1.29, 1.82) is 0 Å². The molecule has 49 heavy (non-hydrogen) atoms. The molecular formula is C38H65NO10. The molecule has 0 saturated carbocycles. The smallest absolute Gasteiger partial charge is 0.306 e. The SMILES string of the molecule is CO[C@@H]1[C@@H](O[C@@H]2O[C@H](C)[C@@H](O[C@H]3CC(C)(C)[C@@H](C)C(C)O3)C(N(C)C)C2O)[C@@H](CC=O)C[C@@H](C)[C@@H](O)/C=C/C=C/C[C@@H](C)OC(=O)C[C@H]1C. The molecule has 2 N–H and O–H groups in total. The number of cyclic esters (lactones) is 1. The lowest BCUT2D eigenvalue weighted by atomic mass is 9.73. The molecule has 11 nitrogen and oxygen atoms in total. The van der Waals surface area contributed by atoms with Crippen molar-refractivity contribution in [1.82, 2.24) is 4.90 Å². The van der Waals surface area contributed by atoms with Crippen LogP contribution < -0.4 is 0 Å². The van der Waals surface area contributed by atoms with E-state index in [0.29, 0.717) is 25.2 Å². The minimum absolute atomic E-state index is 0.00425. The van der Waals surface area contributed by atoms with Crippen molar-refractivity contribution in [3.63, 3.8) is 0 Å². The van der Waals surface area contributed by atoms with Crippen LogP contribution in [0.5, 0.6) is 0 Å². The molecule has 282 valence electrons. The van der Waals surface area contributed by atoms with Crippen LogP contribution in [0.3, 0.4) is 0 Å². The second-order valence-corrected chi connectivity index (χ2v) is 15.7. The predicted octanol–water partition coefficient (Wildman–Crippen LogP) is 4.67. The predicted molar refractivity (Wildman–Crippen MR) is 186 cm³/mol. The number of likely N-dealkylation sites (N-methyl/N-ethyl adjacent to an activating group) is 1. The summed E-state index contributed by atoms with van der Waals surface area (Å²) in [5.74, 6) is -1.05. The van der Waals surface area contributed by atoms with Gasteiger partial charge < -0.3 is 48.3 Å². The Morgan fingerprint density at radius 3 is 2.27 bits per heavy atom. The van der Waals surface area contributed by atoms with E-state index < -0.39 is 61.2 Å². The number of allylic oxidation sites excluding steroid dienone is 2. The summed E-state index contributed by atoms with van der Waals surface area (Å²) in [6.07, 6.45) is 3.61. The molecule has 3 rings (SSSR count). The zero-order chi connectivity index (χ0) is 36.6. The molecule has 0 aromatic rings. The summed E-state index contributed by atoms with van der Waals surface area (Å²) in [6, 6.07) is -0.514. The molecule has 0 aliphatic carbocycles. The number of methoxy groups -OCH3 is 1. The number of aldehydes is 1. The minimum Gasteiger partial charge on any atom is -0.462 e. The Kier molecular flexibility index (Phi) is 15.9. The van der Waals surface area contributed by atoms with Gasteiger partial charge in [0.2, 0.25) is 0 Å². The molecule has 0 aromatic heterocycles. The van der Waals surface area contributed by atoms with Crippen molar-refractivity contribution in [3.05, 3.63) is 24.3 Å². The normalized spacial score (nSPS) is 44.2. The van der Waals surface area contributed by atoms with Crippen molar-refractivity contribution in [3.8, 4) is 0 Å². The quantitative estimate of drug-likeness (QED) is 0.271. The van der Waals surface area contributed by atoms with Crippen molar-refractivity contribution < 1.29 is 48.2 Å². The summed E-state index contributed by atoms with van der Waals surface area (Å²) in [5.41, 5.74) is 0.00425. The first kappa shape index (κ1) is 41.7. The fourth-order valence-corrected chi connectivity index (χ4v) is 7.64. The van der Waals surface area contributed by atoms with Crippen molar-refractivity contribution in [2.24, 2.45) is 29.1 Å².